The van der Waals surface area contributed by atoms with Crippen LogP contribution in [0.3, 0.4) is 0 Å². The first-order valence-electron chi connectivity index (χ1n) is 9.43. The lowest BCUT2D eigenvalue weighted by Gasteiger charge is -2.27. The van der Waals surface area contributed by atoms with Crippen molar-refractivity contribution in [2.45, 2.75) is 6.92 Å². The van der Waals surface area contributed by atoms with Gasteiger partial charge < -0.3 is 19.4 Å². The molecule has 1 aliphatic heterocycles. The average molecular weight is 391 g/mol. The number of carbonyl (C=O) groups is 2. The number of oxazole rings is 1. The largest absolute Gasteiger partial charge is 0.441 e. The van der Waals surface area contributed by atoms with Crippen molar-refractivity contribution in [2.75, 3.05) is 31.6 Å². The normalized spacial score (nSPS) is 13.9. The molecule has 0 unspecified atom stereocenters. The van der Waals surface area contributed by atoms with E-state index in [0.717, 1.165) is 5.56 Å². The number of aromatic nitrogens is 1. The van der Waals surface area contributed by atoms with Crippen LogP contribution in [-0.4, -0.2) is 48.0 Å². The second-order valence-electron chi connectivity index (χ2n) is 6.73. The average Bonchev–Trinajstić information content (AvgIpc) is 3.16. The number of benzene rings is 2. The predicted octanol–water partition coefficient (Wildman–Crippen LogP) is 3.37. The monoisotopic (exact) mass is 391 g/mol. The van der Waals surface area contributed by atoms with Gasteiger partial charge in [0.25, 0.3) is 11.8 Å². The summed E-state index contributed by atoms with van der Waals surface area (Å²) >= 11 is 0. The van der Waals surface area contributed by atoms with E-state index >= 15 is 0 Å². The summed E-state index contributed by atoms with van der Waals surface area (Å²) < 4.78 is 10.9. The van der Waals surface area contributed by atoms with Crippen molar-refractivity contribution in [2.24, 2.45) is 0 Å². The van der Waals surface area contributed by atoms with Crippen molar-refractivity contribution < 1.29 is 18.7 Å². The summed E-state index contributed by atoms with van der Waals surface area (Å²) in [5.41, 5.74) is 2.06. The fourth-order valence-electron chi connectivity index (χ4n) is 3.18. The number of morpholine rings is 1. The summed E-state index contributed by atoms with van der Waals surface area (Å²) in [7, 11) is 0. The van der Waals surface area contributed by atoms with Crippen molar-refractivity contribution in [3.8, 4) is 11.5 Å². The van der Waals surface area contributed by atoms with E-state index in [4.69, 9.17) is 9.15 Å². The number of hydrogen-bond donors (Lipinski definition) is 1. The van der Waals surface area contributed by atoms with Crippen molar-refractivity contribution in [3.63, 3.8) is 0 Å². The van der Waals surface area contributed by atoms with Gasteiger partial charge in [0.2, 0.25) is 5.89 Å². The van der Waals surface area contributed by atoms with E-state index in [-0.39, 0.29) is 17.5 Å². The lowest BCUT2D eigenvalue weighted by atomic mass is 10.1. The summed E-state index contributed by atoms with van der Waals surface area (Å²) in [6, 6.07) is 16.3. The number of ether oxygens (including phenoxy) is 1. The SMILES string of the molecule is Cc1oc(-c2ccccc2)nc1C(=O)Nc1cccc(C(=O)N2CCOCC2)c1. The van der Waals surface area contributed by atoms with Crippen molar-refractivity contribution in [1.29, 1.82) is 0 Å². The molecule has 4 rings (SSSR count). The lowest BCUT2D eigenvalue weighted by Crippen LogP contribution is -2.40. The molecule has 2 aromatic carbocycles. The van der Waals surface area contributed by atoms with Gasteiger partial charge in [-0.1, -0.05) is 24.3 Å². The molecule has 1 aromatic heterocycles. The Morgan fingerprint density at radius 3 is 2.55 bits per heavy atom. The van der Waals surface area contributed by atoms with Crippen LogP contribution in [0.5, 0.6) is 0 Å². The minimum atomic E-state index is -0.385. The Kier molecular flexibility index (Phi) is 5.39. The van der Waals surface area contributed by atoms with Crippen molar-refractivity contribution >= 4 is 17.5 Å². The second kappa shape index (κ2) is 8.28. The van der Waals surface area contributed by atoms with Gasteiger partial charge in [0.15, 0.2) is 5.69 Å². The molecule has 0 radical (unpaired) electrons. The number of rotatable bonds is 4. The Morgan fingerprint density at radius 2 is 1.79 bits per heavy atom. The Bertz CT molecular complexity index is 1020. The number of anilines is 1. The molecule has 0 spiro atoms. The van der Waals surface area contributed by atoms with Gasteiger partial charge in [0.1, 0.15) is 5.76 Å². The van der Waals surface area contributed by atoms with E-state index in [0.29, 0.717) is 49.2 Å². The van der Waals surface area contributed by atoms with Crippen LogP contribution in [0.4, 0.5) is 5.69 Å². The number of nitrogens with one attached hydrogen (secondary N) is 1. The maximum Gasteiger partial charge on any atom is 0.277 e. The van der Waals surface area contributed by atoms with E-state index in [9.17, 15) is 9.59 Å². The van der Waals surface area contributed by atoms with Crippen molar-refractivity contribution in [3.05, 3.63) is 71.6 Å². The molecule has 1 saturated heterocycles. The molecule has 0 bridgehead atoms. The molecule has 2 amide bonds. The summed E-state index contributed by atoms with van der Waals surface area (Å²) in [5, 5.41) is 2.81. The van der Waals surface area contributed by atoms with Crippen LogP contribution in [0.15, 0.2) is 59.0 Å². The van der Waals surface area contributed by atoms with Gasteiger partial charge >= 0.3 is 0 Å². The van der Waals surface area contributed by atoms with Gasteiger partial charge in [-0.3, -0.25) is 9.59 Å². The number of nitrogens with zero attached hydrogens (tertiary/aromatic N) is 2. The van der Waals surface area contributed by atoms with E-state index in [1.165, 1.54) is 0 Å². The zero-order chi connectivity index (χ0) is 20.2. The van der Waals surface area contributed by atoms with Crippen LogP contribution in [0.1, 0.15) is 26.6 Å². The minimum Gasteiger partial charge on any atom is -0.441 e. The van der Waals surface area contributed by atoms with Gasteiger partial charge in [-0.15, -0.1) is 0 Å². The van der Waals surface area contributed by atoms with Gasteiger partial charge in [0.05, 0.1) is 13.2 Å². The minimum absolute atomic E-state index is 0.0756. The third-order valence-corrected chi connectivity index (χ3v) is 4.70. The molecule has 0 saturated carbocycles. The molecule has 2 heterocycles. The highest BCUT2D eigenvalue weighted by Gasteiger charge is 2.21. The molecule has 148 valence electrons. The van der Waals surface area contributed by atoms with E-state index in [1.807, 2.05) is 30.3 Å². The fourth-order valence-corrected chi connectivity index (χ4v) is 3.18. The number of carbonyl (C=O) groups excluding carboxylic acids is 2. The first-order chi connectivity index (χ1) is 14.1. The molecule has 1 N–H and O–H groups in total. The Hall–Kier alpha value is -3.45. The molecule has 1 aliphatic rings. The predicted molar refractivity (Wildman–Crippen MR) is 108 cm³/mol. The first kappa shape index (κ1) is 18.9. The van der Waals surface area contributed by atoms with Gasteiger partial charge in [-0.2, -0.15) is 0 Å². The summed E-state index contributed by atoms with van der Waals surface area (Å²) in [5.74, 6) is 0.365. The zero-order valence-corrected chi connectivity index (χ0v) is 16.1. The third kappa shape index (κ3) is 4.20. The highest BCUT2D eigenvalue weighted by molar-refractivity contribution is 6.04. The van der Waals surface area contributed by atoms with Crippen LogP contribution in [0, 0.1) is 6.92 Å². The smallest absolute Gasteiger partial charge is 0.277 e. The van der Waals surface area contributed by atoms with Gasteiger partial charge in [-0.25, -0.2) is 4.98 Å². The number of aryl methyl sites for hydroxylation is 1. The topological polar surface area (TPSA) is 84.7 Å². The van der Waals surface area contributed by atoms with Gasteiger partial charge in [0, 0.05) is 29.9 Å². The summed E-state index contributed by atoms with van der Waals surface area (Å²) in [6.07, 6.45) is 0. The van der Waals surface area contributed by atoms with E-state index in [2.05, 4.69) is 10.3 Å². The quantitative estimate of drug-likeness (QED) is 0.737. The molecular weight excluding hydrogens is 370 g/mol. The lowest BCUT2D eigenvalue weighted by molar-refractivity contribution is 0.0303. The Balaban J connectivity index is 1.50. The van der Waals surface area contributed by atoms with Gasteiger partial charge in [-0.05, 0) is 37.3 Å². The standard InChI is InChI=1S/C22H21N3O4/c1-15-19(24-21(29-15)16-6-3-2-4-7-16)20(26)23-18-9-5-8-17(14-18)22(27)25-10-12-28-13-11-25/h2-9,14H,10-13H2,1H3,(H,23,26). The molecule has 7 nitrogen and oxygen atoms in total. The Morgan fingerprint density at radius 1 is 1.03 bits per heavy atom. The third-order valence-electron chi connectivity index (χ3n) is 4.70. The zero-order valence-electron chi connectivity index (χ0n) is 16.1. The maximum atomic E-state index is 12.7. The van der Waals surface area contributed by atoms with Crippen LogP contribution < -0.4 is 5.32 Å². The summed E-state index contributed by atoms with van der Waals surface area (Å²) in [6.45, 7) is 3.91. The van der Waals surface area contributed by atoms with E-state index in [1.54, 1.807) is 36.1 Å². The van der Waals surface area contributed by atoms with Crippen LogP contribution in [-0.2, 0) is 4.74 Å². The molecule has 0 atom stereocenters. The van der Waals surface area contributed by atoms with E-state index < -0.39 is 0 Å². The van der Waals surface area contributed by atoms with Crippen LogP contribution in [0.2, 0.25) is 0 Å². The summed E-state index contributed by atoms with van der Waals surface area (Å²) in [4.78, 5) is 31.5. The highest BCUT2D eigenvalue weighted by atomic mass is 16.5. The number of amides is 2. The molecule has 3 aromatic rings. The molecule has 0 aliphatic carbocycles. The molecule has 29 heavy (non-hydrogen) atoms. The van der Waals surface area contributed by atoms with Crippen LogP contribution in [0.25, 0.3) is 11.5 Å². The first-order valence-corrected chi connectivity index (χ1v) is 9.43. The molecule has 7 heteroatoms. The highest BCUT2D eigenvalue weighted by Crippen LogP contribution is 2.22. The number of hydrogen-bond acceptors (Lipinski definition) is 5. The molecular formula is C22H21N3O4. The Labute approximate surface area is 168 Å². The van der Waals surface area contributed by atoms with Crippen LogP contribution >= 0.6 is 0 Å². The second-order valence-corrected chi connectivity index (χ2v) is 6.73. The van der Waals surface area contributed by atoms with Crippen molar-refractivity contribution in [1.82, 2.24) is 9.88 Å². The fraction of sp³-hybridized carbons (Fsp3) is 0.227. The molecule has 1 fully saturated rings. The maximum absolute atomic E-state index is 12.7.